The zero-order chi connectivity index (χ0) is 23.0. The highest BCUT2D eigenvalue weighted by Gasteiger charge is 2.14. The molecule has 0 fully saturated rings. The molecule has 0 aliphatic heterocycles. The second-order valence-corrected chi connectivity index (χ2v) is 8.03. The Morgan fingerprint density at radius 3 is 2.35 bits per heavy atom. The van der Waals surface area contributed by atoms with Crippen LogP contribution in [-0.2, 0) is 10.2 Å². The van der Waals surface area contributed by atoms with Gasteiger partial charge in [0.2, 0.25) is 0 Å². The maximum Gasteiger partial charge on any atom is 0.277 e. The van der Waals surface area contributed by atoms with Crippen LogP contribution < -0.4 is 15.1 Å². The predicted octanol–water partition coefficient (Wildman–Crippen LogP) is 4.27. The number of hydrazone groups is 1. The van der Waals surface area contributed by atoms with Crippen molar-refractivity contribution in [1.29, 1.82) is 0 Å². The zero-order valence-electron chi connectivity index (χ0n) is 18.7. The van der Waals surface area contributed by atoms with Crippen LogP contribution >= 0.6 is 0 Å². The third-order valence-electron chi connectivity index (χ3n) is 4.81. The molecule has 2 rings (SSSR count). The Balaban J connectivity index is 2.01. The Morgan fingerprint density at radius 2 is 1.81 bits per heavy atom. The first-order valence-corrected chi connectivity index (χ1v) is 10.2. The number of nitrogens with one attached hydrogen (secondary N) is 1. The molecule has 1 amide bonds. The molecule has 0 bridgehead atoms. The lowest BCUT2D eigenvalue weighted by Gasteiger charge is -2.22. The Kier molecular flexibility index (Phi) is 8.13. The van der Waals surface area contributed by atoms with Gasteiger partial charge in [-0.2, -0.15) is 5.10 Å². The maximum atomic E-state index is 12.1. The first-order valence-electron chi connectivity index (χ1n) is 10.2. The van der Waals surface area contributed by atoms with Gasteiger partial charge in [-0.05, 0) is 43.0 Å². The van der Waals surface area contributed by atoms with Gasteiger partial charge in [-0.25, -0.2) is 5.43 Å². The number of rotatable bonds is 9. The van der Waals surface area contributed by atoms with Crippen molar-refractivity contribution >= 4 is 23.5 Å². The number of ether oxygens (including phenoxy) is 1. The van der Waals surface area contributed by atoms with Crippen molar-refractivity contribution in [2.75, 3.05) is 24.6 Å². The Labute approximate surface area is 183 Å². The number of benzene rings is 2. The van der Waals surface area contributed by atoms with E-state index in [1.54, 1.807) is 6.07 Å². The number of nitrogens with zero attached hydrogens (tertiary/aromatic N) is 3. The molecule has 0 saturated heterocycles. The Bertz CT molecular complexity index is 930. The molecule has 0 saturated carbocycles. The van der Waals surface area contributed by atoms with Crippen LogP contribution in [0.3, 0.4) is 0 Å². The lowest BCUT2D eigenvalue weighted by Crippen LogP contribution is -2.25. The molecule has 166 valence electrons. The molecule has 0 aromatic heterocycles. The van der Waals surface area contributed by atoms with E-state index in [9.17, 15) is 14.9 Å². The van der Waals surface area contributed by atoms with Gasteiger partial charge in [0.25, 0.3) is 11.6 Å². The quantitative estimate of drug-likeness (QED) is 0.367. The Hall–Kier alpha value is -3.42. The summed E-state index contributed by atoms with van der Waals surface area (Å²) in [7, 11) is 0. The molecule has 0 unspecified atom stereocenters. The van der Waals surface area contributed by atoms with E-state index in [4.69, 9.17) is 4.74 Å². The summed E-state index contributed by atoms with van der Waals surface area (Å²) in [5.74, 6) is 0.167. The summed E-state index contributed by atoms with van der Waals surface area (Å²) in [5, 5.41) is 15.1. The Morgan fingerprint density at radius 1 is 1.16 bits per heavy atom. The number of carbonyl (C=O) groups excluding carboxylic acids is 1. The van der Waals surface area contributed by atoms with Gasteiger partial charge in [0, 0.05) is 36.5 Å². The lowest BCUT2D eigenvalue weighted by molar-refractivity contribution is -0.384. The monoisotopic (exact) mass is 426 g/mol. The minimum Gasteiger partial charge on any atom is -0.484 e. The molecule has 1 N–H and O–H groups in total. The van der Waals surface area contributed by atoms with Gasteiger partial charge < -0.3 is 9.64 Å². The van der Waals surface area contributed by atoms with Gasteiger partial charge in [-0.1, -0.05) is 32.9 Å². The van der Waals surface area contributed by atoms with Crippen LogP contribution in [0.25, 0.3) is 0 Å². The zero-order valence-corrected chi connectivity index (χ0v) is 18.7. The number of hydrogen-bond donors (Lipinski definition) is 1. The van der Waals surface area contributed by atoms with Crippen LogP contribution in [0.4, 0.5) is 11.4 Å². The van der Waals surface area contributed by atoms with Gasteiger partial charge in [-0.3, -0.25) is 14.9 Å². The summed E-state index contributed by atoms with van der Waals surface area (Å²) < 4.78 is 5.50. The van der Waals surface area contributed by atoms with E-state index in [1.165, 1.54) is 23.9 Å². The summed E-state index contributed by atoms with van der Waals surface area (Å²) in [5.41, 5.74) is 4.95. The van der Waals surface area contributed by atoms with Gasteiger partial charge in [-0.15, -0.1) is 0 Å². The first kappa shape index (κ1) is 23.9. The van der Waals surface area contributed by atoms with E-state index in [1.807, 2.05) is 38.1 Å². The van der Waals surface area contributed by atoms with Crippen LogP contribution in [0.2, 0.25) is 0 Å². The fraction of sp³-hybridized carbons (Fsp3) is 0.391. The summed E-state index contributed by atoms with van der Waals surface area (Å²) in [4.78, 5) is 24.8. The predicted molar refractivity (Wildman–Crippen MR) is 123 cm³/mol. The molecule has 2 aromatic carbocycles. The molecule has 0 heterocycles. The van der Waals surface area contributed by atoms with Crippen molar-refractivity contribution in [2.24, 2.45) is 5.10 Å². The third kappa shape index (κ3) is 6.80. The van der Waals surface area contributed by atoms with Gasteiger partial charge in [0.1, 0.15) is 5.75 Å². The van der Waals surface area contributed by atoms with E-state index in [0.29, 0.717) is 11.3 Å². The van der Waals surface area contributed by atoms with Crippen LogP contribution in [0.5, 0.6) is 5.75 Å². The average molecular weight is 427 g/mol. The lowest BCUT2D eigenvalue weighted by atomic mass is 9.87. The van der Waals surface area contributed by atoms with Gasteiger partial charge >= 0.3 is 0 Å². The molecule has 0 aliphatic carbocycles. The molecule has 0 aliphatic rings. The molecular formula is C23H30N4O4. The normalized spacial score (nSPS) is 11.4. The number of non-ortho nitro benzene ring substituents is 1. The molecule has 0 atom stereocenters. The van der Waals surface area contributed by atoms with Crippen molar-refractivity contribution in [1.82, 2.24) is 5.43 Å². The summed E-state index contributed by atoms with van der Waals surface area (Å²) in [6.45, 7) is 11.7. The summed E-state index contributed by atoms with van der Waals surface area (Å²) in [6, 6.07) is 12.2. The van der Waals surface area contributed by atoms with E-state index < -0.39 is 10.8 Å². The summed E-state index contributed by atoms with van der Waals surface area (Å²) in [6.07, 6.45) is 1.41. The van der Waals surface area contributed by atoms with E-state index in [-0.39, 0.29) is 17.7 Å². The van der Waals surface area contributed by atoms with Crippen molar-refractivity contribution < 1.29 is 14.5 Å². The number of anilines is 1. The highest BCUT2D eigenvalue weighted by atomic mass is 16.6. The SMILES string of the molecule is CCN(CC)c1ccc([N+](=O)[O-])cc1/C=N\NC(=O)COc1ccc(C(C)(C)C)cc1. The topological polar surface area (TPSA) is 97.1 Å². The smallest absolute Gasteiger partial charge is 0.277 e. The second-order valence-electron chi connectivity index (χ2n) is 8.03. The number of amides is 1. The van der Waals surface area contributed by atoms with Crippen LogP contribution in [-0.4, -0.2) is 36.7 Å². The molecule has 8 heteroatoms. The van der Waals surface area contributed by atoms with Gasteiger partial charge in [0.05, 0.1) is 11.1 Å². The van der Waals surface area contributed by atoms with Gasteiger partial charge in [0.15, 0.2) is 6.61 Å². The average Bonchev–Trinajstić information content (AvgIpc) is 2.73. The number of nitro groups is 1. The molecule has 2 aromatic rings. The fourth-order valence-electron chi connectivity index (χ4n) is 3.02. The van der Waals surface area contributed by atoms with Crippen LogP contribution in [0.1, 0.15) is 45.7 Å². The number of nitro benzene ring substituents is 1. The number of carbonyl (C=O) groups is 1. The molecule has 0 radical (unpaired) electrons. The molecule has 31 heavy (non-hydrogen) atoms. The van der Waals surface area contributed by atoms with Crippen molar-refractivity contribution in [2.45, 2.75) is 40.0 Å². The van der Waals surface area contributed by atoms with E-state index in [0.717, 1.165) is 18.8 Å². The highest BCUT2D eigenvalue weighted by molar-refractivity contribution is 5.90. The van der Waals surface area contributed by atoms with Crippen molar-refractivity contribution in [3.8, 4) is 5.75 Å². The van der Waals surface area contributed by atoms with Crippen molar-refractivity contribution in [3.63, 3.8) is 0 Å². The minimum absolute atomic E-state index is 0.0364. The van der Waals surface area contributed by atoms with Crippen LogP contribution in [0.15, 0.2) is 47.6 Å². The largest absolute Gasteiger partial charge is 0.484 e. The van der Waals surface area contributed by atoms with Crippen LogP contribution in [0, 0.1) is 10.1 Å². The highest BCUT2D eigenvalue weighted by Crippen LogP contribution is 2.25. The molecule has 8 nitrogen and oxygen atoms in total. The first-order chi connectivity index (χ1) is 14.7. The summed E-state index contributed by atoms with van der Waals surface area (Å²) >= 11 is 0. The third-order valence-corrected chi connectivity index (χ3v) is 4.81. The minimum atomic E-state index is -0.458. The fourth-order valence-corrected chi connectivity index (χ4v) is 3.02. The molecular weight excluding hydrogens is 396 g/mol. The van der Waals surface area contributed by atoms with E-state index in [2.05, 4.69) is 36.2 Å². The number of hydrogen-bond acceptors (Lipinski definition) is 6. The molecule has 0 spiro atoms. The van der Waals surface area contributed by atoms with Crippen molar-refractivity contribution in [3.05, 3.63) is 63.7 Å². The van der Waals surface area contributed by atoms with E-state index >= 15 is 0 Å². The second kappa shape index (κ2) is 10.6. The standard InChI is InChI=1S/C23H30N4O4/c1-6-26(7-2)21-13-10-19(27(29)30)14-17(21)15-24-25-22(28)16-31-20-11-8-18(9-12-20)23(3,4)5/h8-15H,6-7,16H2,1-5H3,(H,25,28)/b24-15-. The maximum absolute atomic E-state index is 12.1.